The highest BCUT2D eigenvalue weighted by Crippen LogP contribution is 2.29. The summed E-state index contributed by atoms with van der Waals surface area (Å²) in [4.78, 5) is 12.4. The average Bonchev–Trinajstić information content (AvgIpc) is 2.92. The number of benzene rings is 2. The van der Waals surface area contributed by atoms with Gasteiger partial charge < -0.3 is 9.88 Å². The predicted molar refractivity (Wildman–Crippen MR) is 107 cm³/mol. The van der Waals surface area contributed by atoms with Crippen LogP contribution in [0.3, 0.4) is 0 Å². The highest BCUT2D eigenvalue weighted by molar-refractivity contribution is 6.33. The van der Waals surface area contributed by atoms with Crippen molar-refractivity contribution in [2.24, 2.45) is 0 Å². The zero-order chi connectivity index (χ0) is 18.6. The average molecular weight is 381 g/mol. The molecule has 0 bridgehead atoms. The molecule has 1 aliphatic rings. The normalized spacial score (nSPS) is 13.7. The monoisotopic (exact) mass is 380 g/mol. The summed E-state index contributed by atoms with van der Waals surface area (Å²) in [5.41, 5.74) is 2.47. The first-order chi connectivity index (χ1) is 13.2. The van der Waals surface area contributed by atoms with Gasteiger partial charge in [-0.3, -0.25) is 4.79 Å². The quantitative estimate of drug-likeness (QED) is 0.724. The predicted octanol–water partition coefficient (Wildman–Crippen LogP) is 4.51. The van der Waals surface area contributed by atoms with Crippen LogP contribution >= 0.6 is 11.6 Å². The first-order valence-electron chi connectivity index (χ1n) is 9.26. The van der Waals surface area contributed by atoms with Gasteiger partial charge in [-0.2, -0.15) is 0 Å². The van der Waals surface area contributed by atoms with E-state index in [0.29, 0.717) is 17.1 Å². The molecule has 0 atom stereocenters. The topological polar surface area (TPSA) is 59.8 Å². The van der Waals surface area contributed by atoms with Gasteiger partial charge in [-0.05, 0) is 36.6 Å². The van der Waals surface area contributed by atoms with Crippen LogP contribution in [0.5, 0.6) is 0 Å². The van der Waals surface area contributed by atoms with Crippen LogP contribution < -0.4 is 5.32 Å². The molecule has 0 saturated heterocycles. The Kier molecular flexibility index (Phi) is 5.21. The van der Waals surface area contributed by atoms with Crippen molar-refractivity contribution in [3.8, 4) is 11.4 Å². The van der Waals surface area contributed by atoms with Crippen LogP contribution in [0.2, 0.25) is 5.02 Å². The van der Waals surface area contributed by atoms with Crippen molar-refractivity contribution in [3.63, 3.8) is 0 Å². The largest absolute Gasteiger partial charge is 0.324 e. The Morgan fingerprint density at radius 1 is 1.07 bits per heavy atom. The molecule has 3 aromatic rings. The Bertz CT molecular complexity index is 952. The summed E-state index contributed by atoms with van der Waals surface area (Å²) >= 11 is 6.32. The summed E-state index contributed by atoms with van der Waals surface area (Å²) in [5, 5.41) is 12.2. The number of anilines is 1. The van der Waals surface area contributed by atoms with Gasteiger partial charge in [0.1, 0.15) is 5.82 Å². The van der Waals surface area contributed by atoms with Crippen molar-refractivity contribution >= 4 is 23.2 Å². The van der Waals surface area contributed by atoms with E-state index in [1.54, 1.807) is 6.07 Å². The van der Waals surface area contributed by atoms with E-state index >= 15 is 0 Å². The van der Waals surface area contributed by atoms with Gasteiger partial charge in [-0.1, -0.05) is 48.4 Å². The van der Waals surface area contributed by atoms with Crippen molar-refractivity contribution in [3.05, 3.63) is 64.9 Å². The standard InChI is InChI=1S/C21H21ClN4O/c22-17-11-10-16(21-25-24-19-9-5-2-6-12-26(19)21)14-18(17)23-20(27)13-15-7-3-1-4-8-15/h1,3-4,7-8,10-11,14H,2,5-6,9,12-13H2,(H,23,27). The van der Waals surface area contributed by atoms with Gasteiger partial charge in [0.05, 0.1) is 17.1 Å². The fourth-order valence-corrected chi connectivity index (χ4v) is 3.60. The lowest BCUT2D eigenvalue weighted by Crippen LogP contribution is -2.14. The Balaban J connectivity index is 1.57. The Morgan fingerprint density at radius 3 is 2.78 bits per heavy atom. The fraction of sp³-hybridized carbons (Fsp3) is 0.286. The lowest BCUT2D eigenvalue weighted by Gasteiger charge is -2.11. The second kappa shape index (κ2) is 7.92. The minimum absolute atomic E-state index is 0.0969. The van der Waals surface area contributed by atoms with Gasteiger partial charge in [-0.25, -0.2) is 0 Å². The zero-order valence-corrected chi connectivity index (χ0v) is 15.7. The zero-order valence-electron chi connectivity index (χ0n) is 15.0. The molecule has 0 spiro atoms. The number of hydrogen-bond donors (Lipinski definition) is 1. The van der Waals surface area contributed by atoms with Crippen LogP contribution in [-0.2, 0) is 24.2 Å². The fourth-order valence-electron chi connectivity index (χ4n) is 3.43. The number of fused-ring (bicyclic) bond motifs is 1. The van der Waals surface area contributed by atoms with E-state index in [1.807, 2.05) is 42.5 Å². The van der Waals surface area contributed by atoms with Crippen molar-refractivity contribution in [2.45, 2.75) is 38.6 Å². The molecule has 0 saturated carbocycles. The minimum Gasteiger partial charge on any atom is -0.324 e. The number of amides is 1. The maximum atomic E-state index is 12.4. The second-order valence-electron chi connectivity index (χ2n) is 6.81. The molecule has 4 rings (SSSR count). The molecule has 0 radical (unpaired) electrons. The van der Waals surface area contributed by atoms with Gasteiger partial charge in [0, 0.05) is 18.5 Å². The summed E-state index contributed by atoms with van der Waals surface area (Å²) in [6, 6.07) is 15.3. The third-order valence-electron chi connectivity index (χ3n) is 4.82. The van der Waals surface area contributed by atoms with Crippen LogP contribution in [0.1, 0.15) is 30.7 Å². The van der Waals surface area contributed by atoms with E-state index in [9.17, 15) is 4.79 Å². The summed E-state index contributed by atoms with van der Waals surface area (Å²) in [5.74, 6) is 1.77. The van der Waals surface area contributed by atoms with Crippen molar-refractivity contribution in [1.29, 1.82) is 0 Å². The molecular weight excluding hydrogens is 360 g/mol. The number of halogens is 1. The second-order valence-corrected chi connectivity index (χ2v) is 7.21. The molecule has 27 heavy (non-hydrogen) atoms. The lowest BCUT2D eigenvalue weighted by molar-refractivity contribution is -0.115. The number of carbonyl (C=O) groups excluding carboxylic acids is 1. The van der Waals surface area contributed by atoms with Crippen molar-refractivity contribution in [2.75, 3.05) is 5.32 Å². The van der Waals surface area contributed by atoms with E-state index in [0.717, 1.165) is 48.6 Å². The Hall–Kier alpha value is -2.66. The number of hydrogen-bond acceptors (Lipinski definition) is 3. The van der Waals surface area contributed by atoms with Crippen LogP contribution in [0, 0.1) is 0 Å². The van der Waals surface area contributed by atoms with Crippen LogP contribution in [0.15, 0.2) is 48.5 Å². The molecule has 0 fully saturated rings. The van der Waals surface area contributed by atoms with Gasteiger partial charge in [-0.15, -0.1) is 10.2 Å². The number of rotatable bonds is 4. The van der Waals surface area contributed by atoms with E-state index in [2.05, 4.69) is 20.1 Å². The molecule has 2 heterocycles. The maximum Gasteiger partial charge on any atom is 0.228 e. The third-order valence-corrected chi connectivity index (χ3v) is 5.15. The van der Waals surface area contributed by atoms with Crippen molar-refractivity contribution < 1.29 is 4.79 Å². The lowest BCUT2D eigenvalue weighted by atomic mass is 10.1. The van der Waals surface area contributed by atoms with Gasteiger partial charge in [0.15, 0.2) is 5.82 Å². The molecule has 0 aliphatic carbocycles. The maximum absolute atomic E-state index is 12.4. The number of carbonyl (C=O) groups is 1. The first-order valence-corrected chi connectivity index (χ1v) is 9.64. The van der Waals surface area contributed by atoms with E-state index in [-0.39, 0.29) is 5.91 Å². The summed E-state index contributed by atoms with van der Waals surface area (Å²) in [6.07, 6.45) is 4.76. The molecule has 5 nitrogen and oxygen atoms in total. The number of nitrogens with zero attached hydrogens (tertiary/aromatic N) is 3. The van der Waals surface area contributed by atoms with E-state index < -0.39 is 0 Å². The molecule has 1 amide bonds. The van der Waals surface area contributed by atoms with Crippen LogP contribution in [0.25, 0.3) is 11.4 Å². The molecular formula is C21H21ClN4O. The Morgan fingerprint density at radius 2 is 1.93 bits per heavy atom. The molecule has 1 N–H and O–H groups in total. The molecule has 0 unspecified atom stereocenters. The highest BCUT2D eigenvalue weighted by atomic mass is 35.5. The number of aromatic nitrogens is 3. The van der Waals surface area contributed by atoms with E-state index in [4.69, 9.17) is 11.6 Å². The smallest absolute Gasteiger partial charge is 0.228 e. The van der Waals surface area contributed by atoms with Gasteiger partial charge in [0.25, 0.3) is 0 Å². The third kappa shape index (κ3) is 4.03. The van der Waals surface area contributed by atoms with Crippen molar-refractivity contribution in [1.82, 2.24) is 14.8 Å². The summed E-state index contributed by atoms with van der Waals surface area (Å²) in [7, 11) is 0. The first kappa shape index (κ1) is 17.7. The molecule has 1 aromatic heterocycles. The number of aryl methyl sites for hydroxylation is 1. The molecule has 6 heteroatoms. The summed E-state index contributed by atoms with van der Waals surface area (Å²) < 4.78 is 2.19. The van der Waals surface area contributed by atoms with Crippen LogP contribution in [-0.4, -0.2) is 20.7 Å². The SMILES string of the molecule is O=C(Cc1ccccc1)Nc1cc(-c2nnc3n2CCCCC3)ccc1Cl. The Labute approximate surface area is 163 Å². The molecule has 1 aliphatic heterocycles. The van der Waals surface area contributed by atoms with Crippen LogP contribution in [0.4, 0.5) is 5.69 Å². The summed E-state index contributed by atoms with van der Waals surface area (Å²) in [6.45, 7) is 0.927. The molecule has 2 aromatic carbocycles. The number of nitrogens with one attached hydrogen (secondary N) is 1. The highest BCUT2D eigenvalue weighted by Gasteiger charge is 2.17. The van der Waals surface area contributed by atoms with E-state index in [1.165, 1.54) is 6.42 Å². The van der Waals surface area contributed by atoms with Gasteiger partial charge in [0.2, 0.25) is 5.91 Å². The van der Waals surface area contributed by atoms with Gasteiger partial charge >= 0.3 is 0 Å². The molecule has 138 valence electrons. The minimum atomic E-state index is -0.0969.